The first-order valence-electron chi connectivity index (χ1n) is 9.62. The zero-order valence-corrected chi connectivity index (χ0v) is 18.5. The van der Waals surface area contributed by atoms with Crippen LogP contribution >= 0.6 is 15.9 Å². The second-order valence-electron chi connectivity index (χ2n) is 6.78. The maximum atomic E-state index is 12.8. The van der Waals surface area contributed by atoms with Crippen molar-refractivity contribution in [2.24, 2.45) is 0 Å². The van der Waals surface area contributed by atoms with Crippen molar-refractivity contribution in [1.29, 1.82) is 0 Å². The van der Waals surface area contributed by atoms with Gasteiger partial charge in [-0.2, -0.15) is 4.31 Å². The molecule has 2 aromatic rings. The van der Waals surface area contributed by atoms with Crippen LogP contribution in [0.15, 0.2) is 57.9 Å². The minimum Gasteiger partial charge on any atom is -0.490 e. The van der Waals surface area contributed by atoms with Gasteiger partial charge in [0, 0.05) is 17.6 Å². The zero-order chi connectivity index (χ0) is 20.7. The van der Waals surface area contributed by atoms with Crippen molar-refractivity contribution >= 4 is 31.9 Å². The van der Waals surface area contributed by atoms with Crippen LogP contribution in [0.2, 0.25) is 0 Å². The van der Waals surface area contributed by atoms with Gasteiger partial charge in [-0.3, -0.25) is 0 Å². The Morgan fingerprint density at radius 1 is 0.897 bits per heavy atom. The van der Waals surface area contributed by atoms with Crippen LogP contribution in [0, 0.1) is 0 Å². The Hall–Kier alpha value is -1.90. The van der Waals surface area contributed by atoms with E-state index in [0.717, 1.165) is 30.2 Å². The van der Waals surface area contributed by atoms with Gasteiger partial charge in [0.1, 0.15) is 19.0 Å². The van der Waals surface area contributed by atoms with Gasteiger partial charge in [-0.1, -0.05) is 28.8 Å². The van der Waals surface area contributed by atoms with Gasteiger partial charge < -0.3 is 9.47 Å². The molecule has 0 atom stereocenters. The fraction of sp³-hybridized carbons (Fsp3) is 0.381. The van der Waals surface area contributed by atoms with E-state index in [4.69, 9.17) is 9.47 Å². The Morgan fingerprint density at radius 2 is 1.52 bits per heavy atom. The van der Waals surface area contributed by atoms with E-state index < -0.39 is 16.0 Å². The molecule has 1 saturated heterocycles. The van der Waals surface area contributed by atoms with E-state index in [0.29, 0.717) is 24.4 Å². The SMILES string of the molecule is O=C(OCCOc1ccc(Br)cc1)c1ccc(S(=O)(=O)N2CCCCCC2)cc1. The van der Waals surface area contributed by atoms with Crippen molar-refractivity contribution in [3.8, 4) is 5.75 Å². The van der Waals surface area contributed by atoms with Crippen LogP contribution in [-0.2, 0) is 14.8 Å². The van der Waals surface area contributed by atoms with Gasteiger partial charge in [0.25, 0.3) is 0 Å². The van der Waals surface area contributed by atoms with E-state index in [2.05, 4.69) is 15.9 Å². The molecule has 0 radical (unpaired) electrons. The van der Waals surface area contributed by atoms with Crippen LogP contribution in [-0.4, -0.2) is 45.0 Å². The Morgan fingerprint density at radius 3 is 2.14 bits per heavy atom. The van der Waals surface area contributed by atoms with Crippen molar-refractivity contribution in [3.05, 3.63) is 58.6 Å². The van der Waals surface area contributed by atoms with Crippen LogP contribution in [0.1, 0.15) is 36.0 Å². The zero-order valence-electron chi connectivity index (χ0n) is 16.1. The highest BCUT2D eigenvalue weighted by molar-refractivity contribution is 9.10. The van der Waals surface area contributed by atoms with E-state index in [1.54, 1.807) is 0 Å². The number of halogens is 1. The lowest BCUT2D eigenvalue weighted by Gasteiger charge is -2.20. The summed E-state index contributed by atoms with van der Waals surface area (Å²) in [5.74, 6) is 0.176. The molecule has 156 valence electrons. The third-order valence-electron chi connectivity index (χ3n) is 4.69. The molecule has 29 heavy (non-hydrogen) atoms. The summed E-state index contributed by atoms with van der Waals surface area (Å²) in [6.45, 7) is 1.42. The van der Waals surface area contributed by atoms with Gasteiger partial charge in [-0.25, -0.2) is 13.2 Å². The quantitative estimate of drug-likeness (QED) is 0.436. The minimum absolute atomic E-state index is 0.0999. The van der Waals surface area contributed by atoms with E-state index in [1.807, 2.05) is 24.3 Å². The summed E-state index contributed by atoms with van der Waals surface area (Å²) < 4.78 is 38.8. The van der Waals surface area contributed by atoms with Crippen molar-refractivity contribution in [2.75, 3.05) is 26.3 Å². The second-order valence-corrected chi connectivity index (χ2v) is 9.63. The molecule has 1 aliphatic rings. The summed E-state index contributed by atoms with van der Waals surface area (Å²) in [5, 5.41) is 0. The molecule has 1 fully saturated rings. The third kappa shape index (κ3) is 6.04. The molecule has 3 rings (SSSR count). The van der Waals surface area contributed by atoms with Crippen LogP contribution in [0.4, 0.5) is 0 Å². The van der Waals surface area contributed by atoms with Crippen molar-refractivity contribution < 1.29 is 22.7 Å². The molecule has 8 heteroatoms. The molecule has 6 nitrogen and oxygen atoms in total. The summed E-state index contributed by atoms with van der Waals surface area (Å²) in [5.41, 5.74) is 0.309. The van der Waals surface area contributed by atoms with Crippen LogP contribution in [0.3, 0.4) is 0 Å². The normalized spacial score (nSPS) is 15.5. The second kappa shape index (κ2) is 10.2. The van der Waals surface area contributed by atoms with Crippen LogP contribution < -0.4 is 4.74 Å². The molecule has 0 bridgehead atoms. The predicted octanol–water partition coefficient (Wildman–Crippen LogP) is 4.25. The predicted molar refractivity (Wildman–Crippen MR) is 114 cm³/mol. The number of benzene rings is 2. The van der Waals surface area contributed by atoms with E-state index >= 15 is 0 Å². The number of ether oxygens (including phenoxy) is 2. The van der Waals surface area contributed by atoms with Crippen molar-refractivity contribution in [1.82, 2.24) is 4.31 Å². The number of hydrogen-bond donors (Lipinski definition) is 0. The molecule has 0 amide bonds. The molecule has 0 spiro atoms. The molecule has 0 aliphatic carbocycles. The molecular formula is C21H24BrNO5S. The summed E-state index contributed by atoms with van der Waals surface area (Å²) in [6.07, 6.45) is 3.88. The molecule has 0 saturated carbocycles. The molecule has 0 unspecified atom stereocenters. The fourth-order valence-electron chi connectivity index (χ4n) is 3.10. The Balaban J connectivity index is 1.52. The first kappa shape index (κ1) is 21.8. The monoisotopic (exact) mass is 481 g/mol. The summed E-state index contributed by atoms with van der Waals surface area (Å²) in [7, 11) is -3.52. The van der Waals surface area contributed by atoms with E-state index in [9.17, 15) is 13.2 Å². The molecular weight excluding hydrogens is 458 g/mol. The average Bonchev–Trinajstić information content (AvgIpc) is 3.03. The molecule has 1 aliphatic heterocycles. The van der Waals surface area contributed by atoms with Gasteiger partial charge >= 0.3 is 5.97 Å². The van der Waals surface area contributed by atoms with E-state index in [-0.39, 0.29) is 18.1 Å². The molecule has 0 aromatic heterocycles. The molecule has 0 N–H and O–H groups in total. The largest absolute Gasteiger partial charge is 0.490 e. The Bertz CT molecular complexity index is 905. The summed E-state index contributed by atoms with van der Waals surface area (Å²) >= 11 is 3.35. The van der Waals surface area contributed by atoms with Crippen molar-refractivity contribution in [3.63, 3.8) is 0 Å². The number of nitrogens with zero attached hydrogens (tertiary/aromatic N) is 1. The lowest BCUT2D eigenvalue weighted by Crippen LogP contribution is -2.31. The van der Waals surface area contributed by atoms with Crippen LogP contribution in [0.25, 0.3) is 0 Å². The molecule has 2 aromatic carbocycles. The first-order valence-corrected chi connectivity index (χ1v) is 11.9. The highest BCUT2D eigenvalue weighted by atomic mass is 79.9. The summed E-state index contributed by atoms with van der Waals surface area (Å²) in [6, 6.07) is 13.3. The van der Waals surface area contributed by atoms with Gasteiger partial charge in [0.2, 0.25) is 10.0 Å². The number of hydrogen-bond acceptors (Lipinski definition) is 5. The maximum Gasteiger partial charge on any atom is 0.338 e. The smallest absolute Gasteiger partial charge is 0.338 e. The lowest BCUT2D eigenvalue weighted by molar-refractivity contribution is 0.0450. The van der Waals surface area contributed by atoms with Gasteiger partial charge in [0.15, 0.2) is 0 Å². The number of rotatable bonds is 7. The molecule has 1 heterocycles. The first-order chi connectivity index (χ1) is 14.0. The number of esters is 1. The van der Waals surface area contributed by atoms with Crippen molar-refractivity contribution in [2.45, 2.75) is 30.6 Å². The number of carbonyl (C=O) groups excluding carboxylic acids is 1. The van der Waals surface area contributed by atoms with Gasteiger partial charge in [-0.05, 0) is 61.4 Å². The Kier molecular flexibility index (Phi) is 7.69. The third-order valence-corrected chi connectivity index (χ3v) is 7.13. The average molecular weight is 482 g/mol. The van der Waals surface area contributed by atoms with Gasteiger partial charge in [0.05, 0.1) is 10.5 Å². The highest BCUT2D eigenvalue weighted by Gasteiger charge is 2.25. The van der Waals surface area contributed by atoms with Gasteiger partial charge in [-0.15, -0.1) is 0 Å². The topological polar surface area (TPSA) is 72.9 Å². The van der Waals surface area contributed by atoms with Crippen LogP contribution in [0.5, 0.6) is 5.75 Å². The number of carbonyl (C=O) groups is 1. The Labute approximate surface area is 180 Å². The maximum absolute atomic E-state index is 12.8. The fourth-order valence-corrected chi connectivity index (χ4v) is 4.88. The van der Waals surface area contributed by atoms with E-state index in [1.165, 1.54) is 28.6 Å². The highest BCUT2D eigenvalue weighted by Crippen LogP contribution is 2.21. The minimum atomic E-state index is -3.52. The summed E-state index contributed by atoms with van der Waals surface area (Å²) in [4.78, 5) is 12.4. The standard InChI is InChI=1S/C21H24BrNO5S/c22-18-7-9-19(10-8-18)27-15-16-28-21(24)17-5-11-20(12-6-17)29(25,26)23-13-3-1-2-4-14-23/h5-12H,1-4,13-16H2. The lowest BCUT2D eigenvalue weighted by atomic mass is 10.2. The number of sulfonamides is 1.